The topological polar surface area (TPSA) is 76.6 Å². The molecule has 21 heavy (non-hydrogen) atoms. The van der Waals surface area contributed by atoms with E-state index < -0.39 is 22.0 Å². The Kier molecular flexibility index (Phi) is 5.53. The highest BCUT2D eigenvalue weighted by Crippen LogP contribution is 2.32. The molecule has 1 atom stereocenters. The minimum atomic E-state index is -3.79. The number of nitrogens with zero attached hydrogens (tertiary/aromatic N) is 2. The van der Waals surface area contributed by atoms with Gasteiger partial charge in [-0.1, -0.05) is 22.9 Å². The SMILES string of the molecule is CCOC(=O)C1CSCCN1S(=O)(=O)c1sc(Cl)nc1C. The predicted octanol–water partition coefficient (Wildman–Crippen LogP) is 1.77. The second-order valence-corrected chi connectivity index (χ2v) is 9.12. The molecule has 2 rings (SSSR count). The van der Waals surface area contributed by atoms with Gasteiger partial charge in [0.05, 0.1) is 12.3 Å². The van der Waals surface area contributed by atoms with Gasteiger partial charge in [-0.2, -0.15) is 16.1 Å². The van der Waals surface area contributed by atoms with Crippen molar-refractivity contribution in [2.24, 2.45) is 0 Å². The quantitative estimate of drug-likeness (QED) is 0.752. The number of aromatic nitrogens is 1. The molecule has 0 bridgehead atoms. The Morgan fingerprint density at radius 1 is 1.57 bits per heavy atom. The highest BCUT2D eigenvalue weighted by atomic mass is 35.5. The molecule has 0 aliphatic carbocycles. The lowest BCUT2D eigenvalue weighted by Crippen LogP contribution is -2.50. The number of thiazole rings is 1. The van der Waals surface area contributed by atoms with Crippen molar-refractivity contribution in [2.45, 2.75) is 24.1 Å². The molecular formula is C11H15ClN2O4S3. The van der Waals surface area contributed by atoms with Crippen LogP contribution in [0.1, 0.15) is 12.6 Å². The molecule has 1 aliphatic heterocycles. The van der Waals surface area contributed by atoms with Gasteiger partial charge >= 0.3 is 5.97 Å². The van der Waals surface area contributed by atoms with Gasteiger partial charge in [0.2, 0.25) is 0 Å². The minimum absolute atomic E-state index is 0.0914. The first kappa shape index (κ1) is 17.0. The van der Waals surface area contributed by atoms with Crippen LogP contribution >= 0.6 is 34.7 Å². The third-order valence-electron chi connectivity index (χ3n) is 2.91. The second-order valence-electron chi connectivity index (χ2n) is 4.30. The Labute approximate surface area is 136 Å². The highest BCUT2D eigenvalue weighted by Gasteiger charge is 2.40. The summed E-state index contributed by atoms with van der Waals surface area (Å²) in [5.74, 6) is 0.520. The maximum Gasteiger partial charge on any atom is 0.325 e. The van der Waals surface area contributed by atoms with Gasteiger partial charge in [-0.3, -0.25) is 4.79 Å². The Morgan fingerprint density at radius 2 is 2.29 bits per heavy atom. The van der Waals surface area contributed by atoms with Crippen LogP contribution in [0.15, 0.2) is 4.21 Å². The van der Waals surface area contributed by atoms with E-state index >= 15 is 0 Å². The molecule has 10 heteroatoms. The molecule has 0 N–H and O–H groups in total. The molecule has 0 spiro atoms. The molecule has 1 unspecified atom stereocenters. The number of sulfonamides is 1. The van der Waals surface area contributed by atoms with Crippen LogP contribution in [-0.2, 0) is 19.6 Å². The van der Waals surface area contributed by atoms with Crippen LogP contribution in [0.2, 0.25) is 4.47 Å². The van der Waals surface area contributed by atoms with Gasteiger partial charge < -0.3 is 4.74 Å². The van der Waals surface area contributed by atoms with Crippen LogP contribution in [0.5, 0.6) is 0 Å². The molecule has 118 valence electrons. The number of hydrogen-bond acceptors (Lipinski definition) is 7. The van der Waals surface area contributed by atoms with Crippen molar-refractivity contribution in [3.63, 3.8) is 0 Å². The second kappa shape index (κ2) is 6.82. The molecule has 0 saturated carbocycles. The lowest BCUT2D eigenvalue weighted by molar-refractivity contribution is -0.146. The maximum absolute atomic E-state index is 12.8. The monoisotopic (exact) mass is 370 g/mol. The van der Waals surface area contributed by atoms with Crippen molar-refractivity contribution in [3.05, 3.63) is 10.2 Å². The van der Waals surface area contributed by atoms with E-state index in [4.69, 9.17) is 16.3 Å². The van der Waals surface area contributed by atoms with E-state index in [1.54, 1.807) is 13.8 Å². The van der Waals surface area contributed by atoms with Crippen LogP contribution in [-0.4, -0.2) is 54.4 Å². The van der Waals surface area contributed by atoms with E-state index in [1.165, 1.54) is 16.1 Å². The molecule has 1 aliphatic rings. The first-order chi connectivity index (χ1) is 9.87. The van der Waals surface area contributed by atoms with Crippen LogP contribution in [0.4, 0.5) is 0 Å². The molecule has 0 radical (unpaired) electrons. The summed E-state index contributed by atoms with van der Waals surface area (Å²) in [4.78, 5) is 15.9. The van der Waals surface area contributed by atoms with E-state index in [2.05, 4.69) is 4.98 Å². The number of carbonyl (C=O) groups excluding carboxylic acids is 1. The van der Waals surface area contributed by atoms with Gasteiger partial charge in [0.1, 0.15) is 6.04 Å². The van der Waals surface area contributed by atoms with Gasteiger partial charge in [0.15, 0.2) is 8.68 Å². The Bertz CT molecular complexity index is 631. The van der Waals surface area contributed by atoms with Gasteiger partial charge in [-0.05, 0) is 13.8 Å². The van der Waals surface area contributed by atoms with Crippen molar-refractivity contribution >= 4 is 50.7 Å². The molecule has 0 amide bonds. The molecule has 1 aromatic rings. The predicted molar refractivity (Wildman–Crippen MR) is 83.5 cm³/mol. The van der Waals surface area contributed by atoms with E-state index in [9.17, 15) is 13.2 Å². The third-order valence-corrected chi connectivity index (χ3v) is 7.69. The van der Waals surface area contributed by atoms with Crippen LogP contribution < -0.4 is 0 Å². The van der Waals surface area contributed by atoms with Gasteiger partial charge in [0.25, 0.3) is 10.0 Å². The molecule has 1 aromatic heterocycles. The van der Waals surface area contributed by atoms with Crippen molar-refractivity contribution in [1.29, 1.82) is 0 Å². The average molecular weight is 371 g/mol. The average Bonchev–Trinajstić information content (AvgIpc) is 2.79. The zero-order valence-electron chi connectivity index (χ0n) is 11.5. The normalized spacial score (nSPS) is 20.4. The lowest BCUT2D eigenvalue weighted by atomic mass is 10.3. The van der Waals surface area contributed by atoms with Crippen LogP contribution in [0, 0.1) is 6.92 Å². The highest BCUT2D eigenvalue weighted by molar-refractivity contribution is 7.99. The van der Waals surface area contributed by atoms with Crippen LogP contribution in [0.25, 0.3) is 0 Å². The molecular weight excluding hydrogens is 356 g/mol. The summed E-state index contributed by atoms with van der Waals surface area (Å²) in [6.07, 6.45) is 0. The summed E-state index contributed by atoms with van der Waals surface area (Å²) >= 11 is 8.23. The smallest absolute Gasteiger partial charge is 0.325 e. The number of aryl methyl sites for hydroxylation is 1. The van der Waals surface area contributed by atoms with Crippen LogP contribution in [0.3, 0.4) is 0 Å². The van der Waals surface area contributed by atoms with Crippen molar-refractivity contribution in [2.75, 3.05) is 24.7 Å². The zero-order valence-corrected chi connectivity index (χ0v) is 14.7. The number of carbonyl (C=O) groups is 1. The van der Waals surface area contributed by atoms with Crippen molar-refractivity contribution in [1.82, 2.24) is 9.29 Å². The van der Waals surface area contributed by atoms with E-state index in [1.807, 2.05) is 0 Å². The Morgan fingerprint density at radius 3 is 2.86 bits per heavy atom. The van der Waals surface area contributed by atoms with Crippen molar-refractivity contribution in [3.8, 4) is 0 Å². The Hall–Kier alpha value is -0.350. The fourth-order valence-electron chi connectivity index (χ4n) is 2.00. The number of thioether (sulfide) groups is 1. The summed E-state index contributed by atoms with van der Waals surface area (Å²) in [5, 5.41) is 0. The zero-order chi connectivity index (χ0) is 15.6. The van der Waals surface area contributed by atoms with E-state index in [-0.39, 0.29) is 21.8 Å². The Balaban J connectivity index is 2.36. The summed E-state index contributed by atoms with van der Waals surface area (Å²) in [6, 6.07) is -0.797. The molecule has 6 nitrogen and oxygen atoms in total. The van der Waals surface area contributed by atoms with Gasteiger partial charge in [-0.15, -0.1) is 0 Å². The number of halogens is 1. The number of ether oxygens (including phenoxy) is 1. The standard InChI is InChI=1S/C11H15ClN2O4S3/c1-3-18-9(15)8-6-19-5-4-14(8)21(16,17)10-7(2)13-11(12)20-10/h8H,3-6H2,1-2H3. The number of hydrogen-bond donors (Lipinski definition) is 0. The first-order valence-electron chi connectivity index (χ1n) is 6.27. The summed E-state index contributed by atoms with van der Waals surface area (Å²) in [7, 11) is -3.79. The fraction of sp³-hybridized carbons (Fsp3) is 0.636. The number of rotatable bonds is 4. The molecule has 1 fully saturated rings. The van der Waals surface area contributed by atoms with Crippen molar-refractivity contribution < 1.29 is 17.9 Å². The molecule has 1 saturated heterocycles. The third kappa shape index (κ3) is 3.53. The summed E-state index contributed by atoms with van der Waals surface area (Å²) in [6.45, 7) is 3.78. The fourth-order valence-corrected chi connectivity index (χ4v) is 6.67. The number of esters is 1. The van der Waals surface area contributed by atoms with E-state index in [0.29, 0.717) is 17.2 Å². The first-order valence-corrected chi connectivity index (χ1v) is 10.1. The van der Waals surface area contributed by atoms with Gasteiger partial charge in [0, 0.05) is 18.1 Å². The molecule has 0 aromatic carbocycles. The largest absolute Gasteiger partial charge is 0.465 e. The minimum Gasteiger partial charge on any atom is -0.465 e. The van der Waals surface area contributed by atoms with E-state index in [0.717, 1.165) is 11.3 Å². The maximum atomic E-state index is 12.8. The molecule has 2 heterocycles. The summed E-state index contributed by atoms with van der Waals surface area (Å²) < 4.78 is 32.0. The van der Waals surface area contributed by atoms with Gasteiger partial charge in [-0.25, -0.2) is 13.4 Å². The lowest BCUT2D eigenvalue weighted by Gasteiger charge is -2.32. The summed E-state index contributed by atoms with van der Waals surface area (Å²) in [5.41, 5.74) is 0.353.